The average Bonchev–Trinajstić information content (AvgIpc) is 2.75. The molecule has 0 spiro atoms. The van der Waals surface area contributed by atoms with Gasteiger partial charge in [-0.25, -0.2) is 0 Å². The molecule has 2 rings (SSSR count). The van der Waals surface area contributed by atoms with Gasteiger partial charge in [-0.1, -0.05) is 41.4 Å². The first kappa shape index (κ1) is 14.5. The topological polar surface area (TPSA) is 29.3 Å². The van der Waals surface area contributed by atoms with Gasteiger partial charge in [0.15, 0.2) is 0 Å². The van der Waals surface area contributed by atoms with Gasteiger partial charge in [0.1, 0.15) is 0 Å². The number of nitrogens with zero attached hydrogens (tertiary/aromatic N) is 1. The van der Waals surface area contributed by atoms with Gasteiger partial charge >= 0.3 is 0 Å². The molecule has 19 heavy (non-hydrogen) atoms. The van der Waals surface area contributed by atoms with Crippen molar-refractivity contribution in [2.45, 2.75) is 19.5 Å². The van der Waals surface area contributed by atoms with Gasteiger partial charge in [0.05, 0.1) is 4.34 Å². The van der Waals surface area contributed by atoms with Crippen LogP contribution in [0, 0.1) is 6.92 Å². The minimum absolute atomic E-state index is 0.0426. The van der Waals surface area contributed by atoms with Crippen molar-refractivity contribution >= 4 is 22.9 Å². The molecule has 102 valence electrons. The van der Waals surface area contributed by atoms with Gasteiger partial charge in [-0.05, 0) is 31.7 Å². The second kappa shape index (κ2) is 6.53. The standard InChI is InChI=1S/C15H19ClN2S/c1-11-3-5-12(6-4-11)14(17)10-18(2)9-13-7-8-15(16)19-13/h3-8,14H,9-10,17H2,1-2H3. The molecule has 4 heteroatoms. The predicted molar refractivity (Wildman–Crippen MR) is 83.8 cm³/mol. The van der Waals surface area contributed by atoms with E-state index in [4.69, 9.17) is 17.3 Å². The molecule has 0 aliphatic heterocycles. The van der Waals surface area contributed by atoms with Crippen molar-refractivity contribution in [3.63, 3.8) is 0 Å². The number of rotatable bonds is 5. The first-order chi connectivity index (χ1) is 9.04. The van der Waals surface area contributed by atoms with Gasteiger partial charge in [0.25, 0.3) is 0 Å². The van der Waals surface area contributed by atoms with Crippen LogP contribution in [0.2, 0.25) is 4.34 Å². The molecule has 0 radical (unpaired) electrons. The minimum atomic E-state index is 0.0426. The first-order valence-electron chi connectivity index (χ1n) is 6.29. The van der Waals surface area contributed by atoms with Crippen LogP contribution in [0.5, 0.6) is 0 Å². The Hall–Kier alpha value is -0.870. The van der Waals surface area contributed by atoms with Crippen molar-refractivity contribution in [2.75, 3.05) is 13.6 Å². The predicted octanol–water partition coefficient (Wildman–Crippen LogP) is 3.84. The van der Waals surface area contributed by atoms with E-state index in [1.807, 2.05) is 6.07 Å². The monoisotopic (exact) mass is 294 g/mol. The number of hydrogen-bond donors (Lipinski definition) is 1. The third kappa shape index (κ3) is 4.32. The number of benzene rings is 1. The lowest BCUT2D eigenvalue weighted by molar-refractivity contribution is 0.308. The maximum atomic E-state index is 6.24. The summed E-state index contributed by atoms with van der Waals surface area (Å²) in [7, 11) is 2.08. The van der Waals surface area contributed by atoms with Crippen molar-refractivity contribution in [3.8, 4) is 0 Å². The molecule has 1 aromatic heterocycles. The van der Waals surface area contributed by atoms with Crippen LogP contribution in [0.3, 0.4) is 0 Å². The number of nitrogens with two attached hydrogens (primary N) is 1. The summed E-state index contributed by atoms with van der Waals surface area (Å²) in [6, 6.07) is 12.5. The fourth-order valence-corrected chi connectivity index (χ4v) is 3.19. The molecular weight excluding hydrogens is 276 g/mol. The number of hydrogen-bond acceptors (Lipinski definition) is 3. The van der Waals surface area contributed by atoms with Crippen molar-refractivity contribution < 1.29 is 0 Å². The SMILES string of the molecule is Cc1ccc(C(N)CN(C)Cc2ccc(Cl)s2)cc1. The Labute approximate surface area is 123 Å². The average molecular weight is 295 g/mol. The Morgan fingerprint density at radius 3 is 2.47 bits per heavy atom. The van der Waals surface area contributed by atoms with E-state index in [0.29, 0.717) is 0 Å². The van der Waals surface area contributed by atoms with E-state index >= 15 is 0 Å². The zero-order chi connectivity index (χ0) is 13.8. The maximum Gasteiger partial charge on any atom is 0.0931 e. The van der Waals surface area contributed by atoms with Crippen molar-refractivity contribution in [2.24, 2.45) is 5.73 Å². The summed E-state index contributed by atoms with van der Waals surface area (Å²) < 4.78 is 0.839. The van der Waals surface area contributed by atoms with E-state index in [1.165, 1.54) is 16.0 Å². The molecule has 0 bridgehead atoms. The van der Waals surface area contributed by atoms with Gasteiger partial charge in [-0.3, -0.25) is 4.90 Å². The number of likely N-dealkylation sites (N-methyl/N-ethyl adjacent to an activating group) is 1. The summed E-state index contributed by atoms with van der Waals surface area (Å²) in [4.78, 5) is 3.50. The molecule has 1 atom stereocenters. The molecule has 0 aliphatic rings. The lowest BCUT2D eigenvalue weighted by Gasteiger charge is -2.21. The summed E-state index contributed by atoms with van der Waals surface area (Å²) in [6.07, 6.45) is 0. The Bertz CT molecular complexity index is 521. The minimum Gasteiger partial charge on any atom is -0.323 e. The van der Waals surface area contributed by atoms with Gasteiger partial charge in [-0.15, -0.1) is 11.3 Å². The molecule has 2 nitrogen and oxygen atoms in total. The first-order valence-corrected chi connectivity index (χ1v) is 7.49. The maximum absolute atomic E-state index is 6.24. The highest BCUT2D eigenvalue weighted by Crippen LogP contribution is 2.23. The lowest BCUT2D eigenvalue weighted by atomic mass is 10.1. The van der Waals surface area contributed by atoms with Crippen LogP contribution < -0.4 is 5.73 Å². The molecule has 1 heterocycles. The van der Waals surface area contributed by atoms with Gasteiger partial charge in [0.2, 0.25) is 0 Å². The highest BCUT2D eigenvalue weighted by Gasteiger charge is 2.10. The van der Waals surface area contributed by atoms with Gasteiger partial charge < -0.3 is 5.73 Å². The van der Waals surface area contributed by atoms with Crippen molar-refractivity contribution in [3.05, 3.63) is 56.7 Å². The quantitative estimate of drug-likeness (QED) is 0.908. The molecule has 1 unspecified atom stereocenters. The van der Waals surface area contributed by atoms with Crippen molar-refractivity contribution in [1.82, 2.24) is 4.90 Å². The molecule has 0 saturated heterocycles. The Balaban J connectivity index is 1.91. The van der Waals surface area contributed by atoms with Gasteiger partial charge in [0, 0.05) is 24.0 Å². The lowest BCUT2D eigenvalue weighted by Crippen LogP contribution is -2.28. The zero-order valence-electron chi connectivity index (χ0n) is 11.3. The van der Waals surface area contributed by atoms with E-state index in [0.717, 1.165) is 17.4 Å². The summed E-state index contributed by atoms with van der Waals surface area (Å²) in [5.41, 5.74) is 8.68. The molecule has 1 aromatic carbocycles. The molecule has 0 fully saturated rings. The summed E-state index contributed by atoms with van der Waals surface area (Å²) in [5.74, 6) is 0. The highest BCUT2D eigenvalue weighted by atomic mass is 35.5. The number of aryl methyl sites for hydroxylation is 1. The molecule has 0 saturated carbocycles. The summed E-state index contributed by atoms with van der Waals surface area (Å²) in [5, 5.41) is 0. The number of halogens is 1. The van der Waals surface area contributed by atoms with E-state index in [-0.39, 0.29) is 6.04 Å². The zero-order valence-corrected chi connectivity index (χ0v) is 12.8. The van der Waals surface area contributed by atoms with E-state index in [2.05, 4.69) is 49.2 Å². The van der Waals surface area contributed by atoms with E-state index in [9.17, 15) is 0 Å². The van der Waals surface area contributed by atoms with Gasteiger partial charge in [-0.2, -0.15) is 0 Å². The second-order valence-electron chi connectivity index (χ2n) is 4.92. The highest BCUT2D eigenvalue weighted by molar-refractivity contribution is 7.16. The van der Waals surface area contributed by atoms with Crippen LogP contribution in [0.15, 0.2) is 36.4 Å². The van der Waals surface area contributed by atoms with Crippen LogP contribution in [0.4, 0.5) is 0 Å². The summed E-state index contributed by atoms with van der Waals surface area (Å²) >= 11 is 7.56. The van der Waals surface area contributed by atoms with E-state index < -0.39 is 0 Å². The Morgan fingerprint density at radius 2 is 1.89 bits per heavy atom. The Kier molecular flexibility index (Phi) is 4.99. The molecule has 2 aromatic rings. The summed E-state index contributed by atoms with van der Waals surface area (Å²) in [6.45, 7) is 3.80. The molecule has 2 N–H and O–H groups in total. The molecule has 0 aliphatic carbocycles. The van der Waals surface area contributed by atoms with Crippen LogP contribution in [-0.4, -0.2) is 18.5 Å². The van der Waals surface area contributed by atoms with Crippen LogP contribution in [-0.2, 0) is 6.54 Å². The van der Waals surface area contributed by atoms with Crippen LogP contribution >= 0.6 is 22.9 Å². The largest absolute Gasteiger partial charge is 0.323 e. The smallest absolute Gasteiger partial charge is 0.0931 e. The van der Waals surface area contributed by atoms with Crippen LogP contribution in [0.1, 0.15) is 22.0 Å². The molecule has 0 amide bonds. The third-order valence-electron chi connectivity index (χ3n) is 3.07. The van der Waals surface area contributed by atoms with Crippen molar-refractivity contribution in [1.29, 1.82) is 0 Å². The van der Waals surface area contributed by atoms with Crippen LogP contribution in [0.25, 0.3) is 0 Å². The number of thiophene rings is 1. The third-order valence-corrected chi connectivity index (χ3v) is 4.28. The fourth-order valence-electron chi connectivity index (χ4n) is 2.02. The van der Waals surface area contributed by atoms with E-state index in [1.54, 1.807) is 11.3 Å². The fraction of sp³-hybridized carbons (Fsp3) is 0.333. The normalized spacial score (nSPS) is 12.9. The molecular formula is C15H19ClN2S. The Morgan fingerprint density at radius 1 is 1.21 bits per heavy atom. The second-order valence-corrected chi connectivity index (χ2v) is 6.72.